The first kappa shape index (κ1) is 16.9. The SMILES string of the molecule is CNC1CCC(C(C)C)CC1N(C)CCOC(C)C. The molecule has 1 N–H and O–H groups in total. The van der Waals surface area contributed by atoms with Gasteiger partial charge in [-0.15, -0.1) is 0 Å². The van der Waals surface area contributed by atoms with Gasteiger partial charge in [0, 0.05) is 18.6 Å². The fourth-order valence-electron chi connectivity index (χ4n) is 3.21. The number of rotatable bonds is 7. The molecule has 0 bridgehead atoms. The van der Waals surface area contributed by atoms with Crippen molar-refractivity contribution in [1.29, 1.82) is 0 Å². The molecule has 1 aliphatic carbocycles. The molecular weight excluding hydrogens is 236 g/mol. The molecule has 1 fully saturated rings. The van der Waals surface area contributed by atoms with Gasteiger partial charge < -0.3 is 10.1 Å². The molecule has 0 radical (unpaired) electrons. The second kappa shape index (κ2) is 8.23. The molecule has 1 saturated carbocycles. The third-order valence-electron chi connectivity index (χ3n) is 4.63. The fourth-order valence-corrected chi connectivity index (χ4v) is 3.21. The molecule has 0 aromatic carbocycles. The zero-order chi connectivity index (χ0) is 14.4. The molecule has 0 saturated heterocycles. The van der Waals surface area contributed by atoms with E-state index in [4.69, 9.17) is 4.74 Å². The van der Waals surface area contributed by atoms with Crippen molar-refractivity contribution in [3.05, 3.63) is 0 Å². The van der Waals surface area contributed by atoms with Crippen LogP contribution in [0.25, 0.3) is 0 Å². The van der Waals surface area contributed by atoms with E-state index in [9.17, 15) is 0 Å². The largest absolute Gasteiger partial charge is 0.377 e. The van der Waals surface area contributed by atoms with Crippen LogP contribution in [-0.4, -0.2) is 50.3 Å². The second-order valence-corrected chi connectivity index (χ2v) is 6.68. The number of nitrogens with zero attached hydrogens (tertiary/aromatic N) is 1. The smallest absolute Gasteiger partial charge is 0.0596 e. The molecule has 0 aliphatic heterocycles. The van der Waals surface area contributed by atoms with Crippen molar-refractivity contribution in [1.82, 2.24) is 10.2 Å². The van der Waals surface area contributed by atoms with Crippen molar-refractivity contribution in [3.8, 4) is 0 Å². The fraction of sp³-hybridized carbons (Fsp3) is 1.00. The van der Waals surface area contributed by atoms with Crippen LogP contribution in [0.1, 0.15) is 47.0 Å². The van der Waals surface area contributed by atoms with Crippen LogP contribution >= 0.6 is 0 Å². The first-order valence-electron chi connectivity index (χ1n) is 7.94. The highest BCUT2D eigenvalue weighted by atomic mass is 16.5. The molecule has 3 heteroatoms. The Morgan fingerprint density at radius 1 is 1.21 bits per heavy atom. The van der Waals surface area contributed by atoms with Gasteiger partial charge in [0.2, 0.25) is 0 Å². The van der Waals surface area contributed by atoms with Gasteiger partial charge >= 0.3 is 0 Å². The van der Waals surface area contributed by atoms with Crippen LogP contribution in [0.3, 0.4) is 0 Å². The first-order valence-corrected chi connectivity index (χ1v) is 7.94. The van der Waals surface area contributed by atoms with E-state index in [0.29, 0.717) is 18.2 Å². The molecule has 0 spiro atoms. The quantitative estimate of drug-likeness (QED) is 0.770. The average molecular weight is 270 g/mol. The van der Waals surface area contributed by atoms with Crippen molar-refractivity contribution < 1.29 is 4.74 Å². The van der Waals surface area contributed by atoms with E-state index >= 15 is 0 Å². The highest BCUT2D eigenvalue weighted by Gasteiger charge is 2.33. The van der Waals surface area contributed by atoms with Gasteiger partial charge in [-0.25, -0.2) is 0 Å². The average Bonchev–Trinajstić information content (AvgIpc) is 2.37. The van der Waals surface area contributed by atoms with E-state index in [1.54, 1.807) is 0 Å². The van der Waals surface area contributed by atoms with Crippen molar-refractivity contribution >= 4 is 0 Å². The number of hydrogen-bond acceptors (Lipinski definition) is 3. The molecule has 0 aromatic heterocycles. The Morgan fingerprint density at radius 3 is 2.42 bits per heavy atom. The highest BCUT2D eigenvalue weighted by molar-refractivity contribution is 4.90. The lowest BCUT2D eigenvalue weighted by molar-refractivity contribution is 0.0381. The predicted molar refractivity (Wildman–Crippen MR) is 82.5 cm³/mol. The van der Waals surface area contributed by atoms with Crippen molar-refractivity contribution in [2.24, 2.45) is 11.8 Å². The van der Waals surface area contributed by atoms with Gasteiger partial charge in [-0.3, -0.25) is 4.90 Å². The van der Waals surface area contributed by atoms with Gasteiger partial charge in [-0.05, 0) is 59.0 Å². The maximum Gasteiger partial charge on any atom is 0.0596 e. The molecule has 0 heterocycles. The zero-order valence-corrected chi connectivity index (χ0v) is 13.8. The molecule has 3 unspecified atom stereocenters. The summed E-state index contributed by atoms with van der Waals surface area (Å²) in [6.07, 6.45) is 4.33. The summed E-state index contributed by atoms with van der Waals surface area (Å²) >= 11 is 0. The normalized spacial score (nSPS) is 28.6. The Kier molecular flexibility index (Phi) is 7.33. The maximum absolute atomic E-state index is 5.68. The topological polar surface area (TPSA) is 24.5 Å². The van der Waals surface area contributed by atoms with Crippen LogP contribution in [0, 0.1) is 11.8 Å². The lowest BCUT2D eigenvalue weighted by Crippen LogP contribution is -2.52. The molecule has 1 rings (SSSR count). The number of hydrogen-bond donors (Lipinski definition) is 1. The zero-order valence-electron chi connectivity index (χ0n) is 13.8. The van der Waals surface area contributed by atoms with Crippen LogP contribution < -0.4 is 5.32 Å². The second-order valence-electron chi connectivity index (χ2n) is 6.68. The Bertz CT molecular complexity index is 243. The summed E-state index contributed by atoms with van der Waals surface area (Å²) in [7, 11) is 4.35. The number of likely N-dealkylation sites (N-methyl/N-ethyl adjacent to an activating group) is 2. The summed E-state index contributed by atoms with van der Waals surface area (Å²) in [5, 5.41) is 3.51. The summed E-state index contributed by atoms with van der Waals surface area (Å²) in [5.41, 5.74) is 0. The van der Waals surface area contributed by atoms with Gasteiger partial charge in [0.15, 0.2) is 0 Å². The van der Waals surface area contributed by atoms with Crippen molar-refractivity contribution in [2.75, 3.05) is 27.2 Å². The van der Waals surface area contributed by atoms with Crippen molar-refractivity contribution in [3.63, 3.8) is 0 Å². The van der Waals surface area contributed by atoms with E-state index in [2.05, 4.69) is 52.0 Å². The first-order chi connectivity index (χ1) is 8.95. The third kappa shape index (κ3) is 5.41. The van der Waals surface area contributed by atoms with Gasteiger partial charge in [-0.2, -0.15) is 0 Å². The van der Waals surface area contributed by atoms with Crippen LogP contribution in [0.4, 0.5) is 0 Å². The molecule has 114 valence electrons. The van der Waals surface area contributed by atoms with Gasteiger partial charge in [0.1, 0.15) is 0 Å². The Hall–Kier alpha value is -0.120. The summed E-state index contributed by atoms with van der Waals surface area (Å²) in [6, 6.07) is 1.29. The Labute approximate surface area is 120 Å². The molecule has 19 heavy (non-hydrogen) atoms. The minimum absolute atomic E-state index is 0.336. The molecule has 0 aromatic rings. The summed E-state index contributed by atoms with van der Waals surface area (Å²) in [4.78, 5) is 2.50. The Balaban J connectivity index is 2.49. The van der Waals surface area contributed by atoms with Gasteiger partial charge in [0.25, 0.3) is 0 Å². The van der Waals surface area contributed by atoms with Gasteiger partial charge in [0.05, 0.1) is 12.7 Å². The summed E-state index contributed by atoms with van der Waals surface area (Å²) in [6.45, 7) is 10.8. The summed E-state index contributed by atoms with van der Waals surface area (Å²) < 4.78 is 5.68. The van der Waals surface area contributed by atoms with Crippen LogP contribution in [0.5, 0.6) is 0 Å². The van der Waals surface area contributed by atoms with Crippen LogP contribution in [-0.2, 0) is 4.74 Å². The van der Waals surface area contributed by atoms with E-state index in [1.807, 2.05) is 0 Å². The van der Waals surface area contributed by atoms with E-state index in [0.717, 1.165) is 25.0 Å². The monoisotopic (exact) mass is 270 g/mol. The third-order valence-corrected chi connectivity index (χ3v) is 4.63. The number of ether oxygens (including phenoxy) is 1. The van der Waals surface area contributed by atoms with E-state index in [-0.39, 0.29) is 0 Å². The van der Waals surface area contributed by atoms with Crippen molar-refractivity contribution in [2.45, 2.75) is 65.1 Å². The Morgan fingerprint density at radius 2 is 1.89 bits per heavy atom. The van der Waals surface area contributed by atoms with Gasteiger partial charge in [-0.1, -0.05) is 13.8 Å². The van der Waals surface area contributed by atoms with E-state index in [1.165, 1.54) is 19.3 Å². The maximum atomic E-state index is 5.68. The molecule has 3 nitrogen and oxygen atoms in total. The molecule has 1 aliphatic rings. The van der Waals surface area contributed by atoms with E-state index < -0.39 is 0 Å². The minimum Gasteiger partial charge on any atom is -0.377 e. The van der Waals surface area contributed by atoms with Crippen LogP contribution in [0.2, 0.25) is 0 Å². The lowest BCUT2D eigenvalue weighted by atomic mass is 9.76. The highest BCUT2D eigenvalue weighted by Crippen LogP contribution is 2.32. The molecule has 0 amide bonds. The standard InChI is InChI=1S/C16H34N2O/c1-12(2)14-7-8-15(17-5)16(11-14)18(6)9-10-19-13(3)4/h12-17H,7-11H2,1-6H3. The summed E-state index contributed by atoms with van der Waals surface area (Å²) in [5.74, 6) is 1.68. The lowest BCUT2D eigenvalue weighted by Gasteiger charge is -2.42. The molecule has 3 atom stereocenters. The predicted octanol–water partition coefficient (Wildman–Crippen LogP) is 2.76. The molecular formula is C16H34N2O. The number of nitrogens with one attached hydrogen (secondary N) is 1. The van der Waals surface area contributed by atoms with Crippen LogP contribution in [0.15, 0.2) is 0 Å². The minimum atomic E-state index is 0.336.